The molecule has 6 nitrogen and oxygen atoms in total. The van der Waals surface area contributed by atoms with E-state index in [1.807, 2.05) is 10.3 Å². The van der Waals surface area contributed by atoms with Gasteiger partial charge in [0.05, 0.1) is 13.1 Å². The molecule has 0 aliphatic carbocycles. The number of nitrogens with one attached hydrogen (secondary N) is 1. The molecule has 0 radical (unpaired) electrons. The summed E-state index contributed by atoms with van der Waals surface area (Å²) >= 11 is 1.42. The van der Waals surface area contributed by atoms with E-state index in [1.54, 1.807) is 13.2 Å². The van der Waals surface area contributed by atoms with Gasteiger partial charge in [0.25, 0.3) is 0 Å². The minimum Gasteiger partial charge on any atom is -0.354 e. The molecular formula is C10H14N4O2S. The highest BCUT2D eigenvalue weighted by atomic mass is 32.1. The summed E-state index contributed by atoms with van der Waals surface area (Å²) in [6.07, 6.45) is 1.66. The predicted molar refractivity (Wildman–Crippen MR) is 65.0 cm³/mol. The minimum atomic E-state index is -0.0466. The number of nitrogens with zero attached hydrogens (tertiary/aromatic N) is 3. The molecule has 0 unspecified atom stereocenters. The van der Waals surface area contributed by atoms with Gasteiger partial charge in [-0.25, -0.2) is 4.98 Å². The summed E-state index contributed by atoms with van der Waals surface area (Å²) in [4.78, 5) is 30.5. The van der Waals surface area contributed by atoms with Crippen LogP contribution >= 0.6 is 11.3 Å². The molecule has 0 aromatic carbocycles. The first-order chi connectivity index (χ1) is 8.16. The maximum atomic E-state index is 11.9. The van der Waals surface area contributed by atoms with Crippen LogP contribution < -0.4 is 10.2 Å². The second-order valence-electron chi connectivity index (χ2n) is 3.83. The molecule has 1 fully saturated rings. The van der Waals surface area contributed by atoms with Gasteiger partial charge in [-0.05, 0) is 0 Å². The van der Waals surface area contributed by atoms with Crippen LogP contribution in [0, 0.1) is 0 Å². The summed E-state index contributed by atoms with van der Waals surface area (Å²) in [6.45, 7) is 1.86. The number of thiazole rings is 1. The Labute approximate surface area is 103 Å². The van der Waals surface area contributed by atoms with Gasteiger partial charge in [0, 0.05) is 31.7 Å². The number of rotatable bonds is 3. The van der Waals surface area contributed by atoms with E-state index in [4.69, 9.17) is 0 Å². The summed E-state index contributed by atoms with van der Waals surface area (Å²) in [7, 11) is 1.70. The molecule has 0 atom stereocenters. The molecule has 0 spiro atoms. The topological polar surface area (TPSA) is 65.5 Å². The Hall–Kier alpha value is -1.47. The van der Waals surface area contributed by atoms with Crippen molar-refractivity contribution in [2.24, 2.45) is 0 Å². The highest BCUT2D eigenvalue weighted by Crippen LogP contribution is 2.15. The van der Waals surface area contributed by atoms with E-state index in [2.05, 4.69) is 10.3 Å². The second-order valence-corrected chi connectivity index (χ2v) is 4.70. The van der Waals surface area contributed by atoms with Crippen LogP contribution in [0.25, 0.3) is 0 Å². The summed E-state index contributed by atoms with van der Waals surface area (Å²) < 4.78 is 0. The average Bonchev–Trinajstić information content (AvgIpc) is 2.81. The van der Waals surface area contributed by atoms with Crippen molar-refractivity contribution >= 4 is 28.3 Å². The van der Waals surface area contributed by atoms with Crippen LogP contribution in [0.5, 0.6) is 0 Å². The van der Waals surface area contributed by atoms with E-state index >= 15 is 0 Å². The van der Waals surface area contributed by atoms with Gasteiger partial charge >= 0.3 is 0 Å². The molecule has 2 heterocycles. The standard InChI is InChI=1S/C10H14N4O2S/c1-13(10-12-3-5-17-10)9(16)7-14-4-2-11-8(15)6-14/h3,5H,2,4,6-7H2,1H3,(H,11,15). The molecule has 17 heavy (non-hydrogen) atoms. The van der Waals surface area contributed by atoms with Gasteiger partial charge in [-0.2, -0.15) is 0 Å². The molecule has 0 saturated carbocycles. The van der Waals surface area contributed by atoms with Crippen LogP contribution in [0.4, 0.5) is 5.13 Å². The lowest BCUT2D eigenvalue weighted by molar-refractivity contribution is -0.125. The molecular weight excluding hydrogens is 240 g/mol. The molecule has 1 N–H and O–H groups in total. The lowest BCUT2D eigenvalue weighted by Gasteiger charge is -2.27. The number of carbonyl (C=O) groups excluding carboxylic acids is 2. The van der Waals surface area contributed by atoms with Crippen LogP contribution in [-0.4, -0.2) is 54.9 Å². The minimum absolute atomic E-state index is 0.0269. The maximum Gasteiger partial charge on any atom is 0.242 e. The summed E-state index contributed by atoms with van der Waals surface area (Å²) in [6, 6.07) is 0. The lowest BCUT2D eigenvalue weighted by atomic mass is 10.3. The normalized spacial score (nSPS) is 16.6. The number of hydrogen-bond donors (Lipinski definition) is 1. The van der Waals surface area contributed by atoms with Crippen molar-refractivity contribution in [2.75, 3.05) is 38.1 Å². The molecule has 0 bridgehead atoms. The van der Waals surface area contributed by atoms with Gasteiger partial charge in [0.1, 0.15) is 0 Å². The van der Waals surface area contributed by atoms with E-state index in [-0.39, 0.29) is 24.9 Å². The maximum absolute atomic E-state index is 11.9. The summed E-state index contributed by atoms with van der Waals surface area (Å²) in [5.74, 6) is -0.0735. The highest BCUT2D eigenvalue weighted by Gasteiger charge is 2.21. The van der Waals surface area contributed by atoms with E-state index in [0.717, 1.165) is 0 Å². The van der Waals surface area contributed by atoms with Crippen LogP contribution in [0.1, 0.15) is 0 Å². The Kier molecular flexibility index (Phi) is 3.70. The predicted octanol–water partition coefficient (Wildman–Crippen LogP) is -0.462. The Morgan fingerprint density at radius 1 is 1.71 bits per heavy atom. The molecule has 7 heteroatoms. The molecule has 1 aromatic rings. The van der Waals surface area contributed by atoms with Crippen LogP contribution in [-0.2, 0) is 9.59 Å². The Bertz CT molecular complexity index is 406. The first kappa shape index (κ1) is 12.0. The number of anilines is 1. The summed E-state index contributed by atoms with van der Waals surface area (Å²) in [5.41, 5.74) is 0. The number of piperazine rings is 1. The zero-order chi connectivity index (χ0) is 12.3. The van der Waals surface area contributed by atoms with Crippen molar-refractivity contribution in [3.8, 4) is 0 Å². The van der Waals surface area contributed by atoms with Crippen molar-refractivity contribution in [1.82, 2.24) is 15.2 Å². The molecule has 1 aliphatic rings. The average molecular weight is 254 g/mol. The zero-order valence-corrected chi connectivity index (χ0v) is 10.4. The smallest absolute Gasteiger partial charge is 0.242 e. The zero-order valence-electron chi connectivity index (χ0n) is 9.55. The first-order valence-corrected chi connectivity index (χ1v) is 6.20. The van der Waals surface area contributed by atoms with Gasteiger partial charge in [0.2, 0.25) is 11.8 Å². The van der Waals surface area contributed by atoms with E-state index in [9.17, 15) is 9.59 Å². The van der Waals surface area contributed by atoms with Gasteiger partial charge in [-0.3, -0.25) is 19.4 Å². The van der Waals surface area contributed by atoms with Crippen LogP contribution in [0.2, 0.25) is 0 Å². The SMILES string of the molecule is CN(C(=O)CN1CCNC(=O)C1)c1nccs1. The third-order valence-electron chi connectivity index (χ3n) is 2.56. The fourth-order valence-electron chi connectivity index (χ4n) is 1.61. The highest BCUT2D eigenvalue weighted by molar-refractivity contribution is 7.13. The van der Waals surface area contributed by atoms with Crippen molar-refractivity contribution in [3.05, 3.63) is 11.6 Å². The lowest BCUT2D eigenvalue weighted by Crippen LogP contribution is -2.50. The first-order valence-electron chi connectivity index (χ1n) is 5.32. The fourth-order valence-corrected chi connectivity index (χ4v) is 2.24. The van der Waals surface area contributed by atoms with Gasteiger partial charge in [-0.1, -0.05) is 0 Å². The van der Waals surface area contributed by atoms with Crippen LogP contribution in [0.15, 0.2) is 11.6 Å². The van der Waals surface area contributed by atoms with Crippen molar-refractivity contribution in [1.29, 1.82) is 0 Å². The molecule has 1 aromatic heterocycles. The van der Waals surface area contributed by atoms with Gasteiger partial charge in [-0.15, -0.1) is 11.3 Å². The molecule has 1 saturated heterocycles. The summed E-state index contributed by atoms with van der Waals surface area (Å²) in [5, 5.41) is 5.23. The van der Waals surface area contributed by atoms with Crippen LogP contribution in [0.3, 0.4) is 0 Å². The Morgan fingerprint density at radius 3 is 3.18 bits per heavy atom. The molecule has 1 aliphatic heterocycles. The van der Waals surface area contributed by atoms with Crippen molar-refractivity contribution in [3.63, 3.8) is 0 Å². The van der Waals surface area contributed by atoms with Gasteiger partial charge < -0.3 is 5.32 Å². The Morgan fingerprint density at radius 2 is 2.53 bits per heavy atom. The van der Waals surface area contributed by atoms with E-state index in [1.165, 1.54) is 16.2 Å². The number of carbonyl (C=O) groups is 2. The third kappa shape index (κ3) is 3.01. The van der Waals surface area contributed by atoms with Crippen molar-refractivity contribution < 1.29 is 9.59 Å². The van der Waals surface area contributed by atoms with E-state index < -0.39 is 0 Å². The fraction of sp³-hybridized carbons (Fsp3) is 0.500. The Balaban J connectivity index is 1.90. The number of hydrogen-bond acceptors (Lipinski definition) is 5. The number of amides is 2. The number of likely N-dealkylation sites (N-methyl/N-ethyl adjacent to an activating group) is 1. The third-order valence-corrected chi connectivity index (χ3v) is 3.40. The second kappa shape index (κ2) is 5.24. The van der Waals surface area contributed by atoms with Gasteiger partial charge in [0.15, 0.2) is 5.13 Å². The molecule has 2 rings (SSSR count). The number of aromatic nitrogens is 1. The van der Waals surface area contributed by atoms with E-state index in [0.29, 0.717) is 18.2 Å². The molecule has 92 valence electrons. The monoisotopic (exact) mass is 254 g/mol. The van der Waals surface area contributed by atoms with Crippen molar-refractivity contribution in [2.45, 2.75) is 0 Å². The molecule has 2 amide bonds. The largest absolute Gasteiger partial charge is 0.354 e. The quantitative estimate of drug-likeness (QED) is 0.792.